The number of sulfone groups is 1. The highest BCUT2D eigenvalue weighted by molar-refractivity contribution is 7.90. The highest BCUT2D eigenvalue weighted by Gasteiger charge is 2.32. The van der Waals surface area contributed by atoms with E-state index in [0.29, 0.717) is 0 Å². The van der Waals surface area contributed by atoms with Crippen LogP contribution in [0.1, 0.15) is 31.9 Å². The van der Waals surface area contributed by atoms with Crippen LogP contribution in [0.5, 0.6) is 5.75 Å². The Balaban J connectivity index is 1.96. The second-order valence-electron chi connectivity index (χ2n) is 6.89. The zero-order valence-corrected chi connectivity index (χ0v) is 16.7. The van der Waals surface area contributed by atoms with E-state index in [1.807, 2.05) is 25.1 Å². The molecule has 0 aliphatic carbocycles. The zero-order valence-electron chi connectivity index (χ0n) is 15.9. The van der Waals surface area contributed by atoms with Crippen LogP contribution in [0, 0.1) is 0 Å². The van der Waals surface area contributed by atoms with Gasteiger partial charge in [-0.25, -0.2) is 8.42 Å². The van der Waals surface area contributed by atoms with E-state index in [-0.39, 0.29) is 22.9 Å². The summed E-state index contributed by atoms with van der Waals surface area (Å²) in [6, 6.07) is 12.4. The lowest BCUT2D eigenvalue weighted by molar-refractivity contribution is -0.117. The first-order valence-corrected chi connectivity index (χ1v) is 10.6. The number of nitrogens with one attached hydrogen (secondary N) is 1. The summed E-state index contributed by atoms with van der Waals surface area (Å²) in [5, 5.41) is 3.47. The van der Waals surface area contributed by atoms with Crippen LogP contribution in [-0.4, -0.2) is 33.7 Å². The fraction of sp³-hybridized carbons (Fsp3) is 0.350. The van der Waals surface area contributed by atoms with E-state index >= 15 is 0 Å². The van der Waals surface area contributed by atoms with E-state index in [0.717, 1.165) is 29.1 Å². The molecule has 7 heteroatoms. The standard InChI is InChI=1S/C20H24N2O4S/c1-13-11-19(21-15-5-8-17(9-6-15)27(4,24)25)18-12-16(26-3)7-10-20(18)22(13)14(2)23/h5-10,12-13,19,21H,11H2,1-4H3. The van der Waals surface area contributed by atoms with E-state index in [1.165, 1.54) is 6.26 Å². The monoisotopic (exact) mass is 388 g/mol. The Bertz CT molecular complexity index is 954. The molecule has 2 unspecified atom stereocenters. The Labute approximate surface area is 160 Å². The fourth-order valence-corrected chi connectivity index (χ4v) is 4.22. The summed E-state index contributed by atoms with van der Waals surface area (Å²) < 4.78 is 28.6. The number of methoxy groups -OCH3 is 1. The average Bonchev–Trinajstić information content (AvgIpc) is 2.60. The molecule has 0 radical (unpaired) electrons. The van der Waals surface area contributed by atoms with Gasteiger partial charge in [0.15, 0.2) is 9.84 Å². The van der Waals surface area contributed by atoms with Crippen molar-refractivity contribution in [2.75, 3.05) is 23.6 Å². The van der Waals surface area contributed by atoms with Crippen molar-refractivity contribution in [3.05, 3.63) is 48.0 Å². The molecular weight excluding hydrogens is 364 g/mol. The molecule has 6 nitrogen and oxygen atoms in total. The average molecular weight is 388 g/mol. The molecule has 0 aromatic heterocycles. The van der Waals surface area contributed by atoms with Crippen LogP contribution in [0.4, 0.5) is 11.4 Å². The topological polar surface area (TPSA) is 75.7 Å². The lowest BCUT2D eigenvalue weighted by Crippen LogP contribution is -2.43. The highest BCUT2D eigenvalue weighted by atomic mass is 32.2. The molecule has 2 aromatic carbocycles. The van der Waals surface area contributed by atoms with Gasteiger partial charge in [0.25, 0.3) is 0 Å². The smallest absolute Gasteiger partial charge is 0.224 e. The van der Waals surface area contributed by atoms with E-state index in [4.69, 9.17) is 4.74 Å². The van der Waals surface area contributed by atoms with Crippen molar-refractivity contribution in [2.24, 2.45) is 0 Å². The molecule has 2 aromatic rings. The molecule has 1 N–H and O–H groups in total. The summed E-state index contributed by atoms with van der Waals surface area (Å²) in [6.45, 7) is 3.60. The van der Waals surface area contributed by atoms with E-state index in [9.17, 15) is 13.2 Å². The summed E-state index contributed by atoms with van der Waals surface area (Å²) in [4.78, 5) is 14.2. The number of anilines is 2. The molecule has 2 atom stereocenters. The SMILES string of the molecule is COc1ccc2c(c1)C(Nc1ccc(S(C)(=O)=O)cc1)CC(C)N2C(C)=O. The van der Waals surface area contributed by atoms with Crippen molar-refractivity contribution in [1.29, 1.82) is 0 Å². The molecule has 1 aliphatic heterocycles. The fourth-order valence-electron chi connectivity index (χ4n) is 3.59. The second kappa shape index (κ2) is 7.23. The second-order valence-corrected chi connectivity index (χ2v) is 8.91. The maximum atomic E-state index is 12.1. The number of rotatable bonds is 4. The van der Waals surface area contributed by atoms with Crippen molar-refractivity contribution in [1.82, 2.24) is 0 Å². The van der Waals surface area contributed by atoms with Gasteiger partial charge in [0.1, 0.15) is 5.75 Å². The lowest BCUT2D eigenvalue weighted by atomic mass is 9.91. The van der Waals surface area contributed by atoms with Crippen molar-refractivity contribution in [3.8, 4) is 5.75 Å². The molecular formula is C20H24N2O4S. The normalized spacial score (nSPS) is 19.3. The Morgan fingerprint density at radius 2 is 1.85 bits per heavy atom. The Morgan fingerprint density at radius 1 is 1.19 bits per heavy atom. The Hall–Kier alpha value is -2.54. The summed E-state index contributed by atoms with van der Waals surface area (Å²) >= 11 is 0. The van der Waals surface area contributed by atoms with Gasteiger partial charge in [-0.3, -0.25) is 4.79 Å². The quantitative estimate of drug-likeness (QED) is 0.869. The van der Waals surface area contributed by atoms with Crippen LogP contribution in [-0.2, 0) is 14.6 Å². The Morgan fingerprint density at radius 3 is 2.41 bits per heavy atom. The third-order valence-corrected chi connectivity index (χ3v) is 5.98. The molecule has 0 bridgehead atoms. The van der Waals surface area contributed by atoms with Gasteiger partial charge >= 0.3 is 0 Å². The molecule has 27 heavy (non-hydrogen) atoms. The largest absolute Gasteiger partial charge is 0.497 e. The number of ether oxygens (including phenoxy) is 1. The summed E-state index contributed by atoms with van der Waals surface area (Å²) in [7, 11) is -1.61. The molecule has 3 rings (SSSR count). The number of amides is 1. The van der Waals surface area contributed by atoms with Gasteiger partial charge in [0, 0.05) is 36.2 Å². The number of nitrogens with zero attached hydrogens (tertiary/aromatic N) is 1. The predicted octanol–water partition coefficient (Wildman–Crippen LogP) is 3.40. The first-order valence-electron chi connectivity index (χ1n) is 8.75. The molecule has 0 spiro atoms. The number of carbonyl (C=O) groups is 1. The van der Waals surface area contributed by atoms with Crippen LogP contribution < -0.4 is 15.0 Å². The van der Waals surface area contributed by atoms with Gasteiger partial charge in [-0.15, -0.1) is 0 Å². The van der Waals surface area contributed by atoms with Crippen molar-refractivity contribution >= 4 is 27.1 Å². The number of benzene rings is 2. The van der Waals surface area contributed by atoms with Crippen molar-refractivity contribution < 1.29 is 17.9 Å². The first-order chi connectivity index (χ1) is 12.7. The zero-order chi connectivity index (χ0) is 19.8. The van der Waals surface area contributed by atoms with E-state index < -0.39 is 9.84 Å². The van der Waals surface area contributed by atoms with Gasteiger partial charge in [-0.1, -0.05) is 0 Å². The van der Waals surface area contributed by atoms with Gasteiger partial charge in [0.2, 0.25) is 5.91 Å². The maximum absolute atomic E-state index is 12.1. The van der Waals surface area contributed by atoms with Gasteiger partial charge < -0.3 is 15.0 Å². The summed E-state index contributed by atoms with van der Waals surface area (Å²) in [5.74, 6) is 0.732. The lowest BCUT2D eigenvalue weighted by Gasteiger charge is -2.39. The Kier molecular flexibility index (Phi) is 5.15. The highest BCUT2D eigenvalue weighted by Crippen LogP contribution is 2.40. The minimum absolute atomic E-state index is 0.00451. The first kappa shape index (κ1) is 19.2. The van der Waals surface area contributed by atoms with Crippen LogP contribution in [0.3, 0.4) is 0 Å². The maximum Gasteiger partial charge on any atom is 0.224 e. The molecule has 0 saturated carbocycles. The van der Waals surface area contributed by atoms with E-state index in [2.05, 4.69) is 5.32 Å². The van der Waals surface area contributed by atoms with Gasteiger partial charge in [-0.05, 0) is 55.8 Å². The van der Waals surface area contributed by atoms with Crippen molar-refractivity contribution in [3.63, 3.8) is 0 Å². The summed E-state index contributed by atoms with van der Waals surface area (Å²) in [5.41, 5.74) is 2.67. The molecule has 1 aliphatic rings. The predicted molar refractivity (Wildman–Crippen MR) is 106 cm³/mol. The molecule has 1 amide bonds. The molecule has 1 heterocycles. The van der Waals surface area contributed by atoms with E-state index in [1.54, 1.807) is 43.2 Å². The molecule has 0 fully saturated rings. The van der Waals surface area contributed by atoms with Crippen LogP contribution in [0.2, 0.25) is 0 Å². The van der Waals surface area contributed by atoms with Crippen LogP contribution >= 0.6 is 0 Å². The summed E-state index contributed by atoms with van der Waals surface area (Å²) in [6.07, 6.45) is 1.92. The number of hydrogen-bond acceptors (Lipinski definition) is 5. The molecule has 144 valence electrons. The minimum atomic E-state index is -3.22. The third kappa shape index (κ3) is 3.93. The number of hydrogen-bond donors (Lipinski definition) is 1. The third-order valence-electron chi connectivity index (χ3n) is 4.85. The van der Waals surface area contributed by atoms with Crippen LogP contribution in [0.25, 0.3) is 0 Å². The number of carbonyl (C=O) groups excluding carboxylic acids is 1. The van der Waals surface area contributed by atoms with Gasteiger partial charge in [-0.2, -0.15) is 0 Å². The van der Waals surface area contributed by atoms with Crippen molar-refractivity contribution in [2.45, 2.75) is 37.2 Å². The number of fused-ring (bicyclic) bond motifs is 1. The molecule has 0 saturated heterocycles. The minimum Gasteiger partial charge on any atom is -0.497 e. The van der Waals surface area contributed by atoms with Crippen LogP contribution in [0.15, 0.2) is 47.4 Å². The van der Waals surface area contributed by atoms with Gasteiger partial charge in [0.05, 0.1) is 18.0 Å².